The van der Waals surface area contributed by atoms with Crippen molar-refractivity contribution in [1.82, 2.24) is 9.97 Å². The van der Waals surface area contributed by atoms with Crippen molar-refractivity contribution in [1.29, 1.82) is 0 Å². The van der Waals surface area contributed by atoms with Gasteiger partial charge < -0.3 is 13.7 Å². The molecule has 3 aromatic rings. The maximum atomic E-state index is 12.4. The highest BCUT2D eigenvalue weighted by molar-refractivity contribution is 8.07. The van der Waals surface area contributed by atoms with Crippen LogP contribution in [-0.2, 0) is 43.4 Å². The summed E-state index contributed by atoms with van der Waals surface area (Å²) in [6.07, 6.45) is 4.60. The second-order valence-electron chi connectivity index (χ2n) is 12.0. The van der Waals surface area contributed by atoms with Gasteiger partial charge in [0.1, 0.15) is 18.2 Å². The third-order valence-electron chi connectivity index (χ3n) is 7.13. The first-order valence-corrected chi connectivity index (χ1v) is 17.7. The van der Waals surface area contributed by atoms with E-state index in [1.165, 1.54) is 11.1 Å². The Hall–Kier alpha value is -2.84. The second kappa shape index (κ2) is 15.9. The largest absolute Gasteiger partial charge is 0.469 e. The van der Waals surface area contributed by atoms with E-state index >= 15 is 0 Å². The number of hydrogen-bond acceptors (Lipinski definition) is 9. The van der Waals surface area contributed by atoms with Gasteiger partial charge in [-0.05, 0) is 57.6 Å². The second-order valence-corrected chi connectivity index (χ2v) is 14.9. The average molecular weight is 643 g/mol. The van der Waals surface area contributed by atoms with E-state index in [1.54, 1.807) is 12.3 Å². The summed E-state index contributed by atoms with van der Waals surface area (Å²) in [5.41, 5.74) is 4.17. The first kappa shape index (κ1) is 35.6. The van der Waals surface area contributed by atoms with Crippen LogP contribution >= 0.6 is 6.72 Å². The van der Waals surface area contributed by atoms with Crippen LogP contribution in [0.3, 0.4) is 0 Å². The lowest BCUT2D eigenvalue weighted by molar-refractivity contribution is -0.147. The summed E-state index contributed by atoms with van der Waals surface area (Å²) in [7, 11) is 0. The smallest absolute Gasteiger partial charge is 0.381 e. The van der Waals surface area contributed by atoms with Gasteiger partial charge in [-0.2, -0.15) is 4.98 Å². The number of aromatic nitrogens is 2. The van der Waals surface area contributed by atoms with E-state index in [9.17, 15) is 4.79 Å². The molecule has 1 aromatic carbocycles. The van der Waals surface area contributed by atoms with Crippen LogP contribution in [0.15, 0.2) is 64.8 Å². The number of carbonyl (C=O) groups is 1. The van der Waals surface area contributed by atoms with Gasteiger partial charge in [-0.25, -0.2) is 4.98 Å². The Labute approximate surface area is 267 Å². The zero-order valence-electron chi connectivity index (χ0n) is 27.5. The molecule has 8 nitrogen and oxygen atoms in total. The van der Waals surface area contributed by atoms with Crippen LogP contribution in [0.25, 0.3) is 0 Å². The molecule has 0 unspecified atom stereocenters. The van der Waals surface area contributed by atoms with Gasteiger partial charge in [0.2, 0.25) is 5.88 Å². The highest BCUT2D eigenvalue weighted by atomic mass is 32.5. The monoisotopic (exact) mass is 642 g/mol. The van der Waals surface area contributed by atoms with Crippen molar-refractivity contribution < 1.29 is 27.5 Å². The topological polar surface area (TPSA) is 92.9 Å². The van der Waals surface area contributed by atoms with Gasteiger partial charge in [-0.15, -0.1) is 0 Å². The first-order valence-electron chi connectivity index (χ1n) is 15.1. The molecule has 44 heavy (non-hydrogen) atoms. The minimum Gasteiger partial charge on any atom is -0.469 e. The fourth-order valence-corrected chi connectivity index (χ4v) is 6.82. The van der Waals surface area contributed by atoms with Crippen LogP contribution in [0.5, 0.6) is 5.88 Å². The number of aryl methyl sites for hydroxylation is 1. The summed E-state index contributed by atoms with van der Waals surface area (Å²) in [6.45, 7) is 16.4. The highest BCUT2D eigenvalue weighted by Crippen LogP contribution is 2.59. The molecule has 0 N–H and O–H groups in total. The molecule has 1 aliphatic rings. The van der Waals surface area contributed by atoms with E-state index in [4.69, 9.17) is 34.5 Å². The van der Waals surface area contributed by atoms with Gasteiger partial charge in [0.15, 0.2) is 0 Å². The van der Waals surface area contributed by atoms with Gasteiger partial charge in [0, 0.05) is 41.5 Å². The Balaban J connectivity index is 0.000000251. The molecule has 0 amide bonds. The summed E-state index contributed by atoms with van der Waals surface area (Å²) < 4.78 is 27.7. The van der Waals surface area contributed by atoms with E-state index in [0.717, 1.165) is 29.3 Å². The van der Waals surface area contributed by atoms with Crippen LogP contribution in [0.2, 0.25) is 0 Å². The van der Waals surface area contributed by atoms with Crippen LogP contribution in [0.4, 0.5) is 0 Å². The normalized spacial score (nSPS) is 17.0. The number of allylic oxidation sites excluding steroid dienone is 2. The Bertz CT molecular complexity index is 1440. The Morgan fingerprint density at radius 2 is 1.73 bits per heavy atom. The minimum atomic E-state index is -2.77. The molecule has 1 aliphatic carbocycles. The van der Waals surface area contributed by atoms with E-state index < -0.39 is 6.72 Å². The van der Waals surface area contributed by atoms with Crippen molar-refractivity contribution in [2.45, 2.75) is 81.3 Å². The zero-order valence-corrected chi connectivity index (χ0v) is 29.2. The molecule has 4 rings (SSSR count). The predicted octanol–water partition coefficient (Wildman–Crippen LogP) is 8.74. The molecule has 0 bridgehead atoms. The fraction of sp³-hybridized carbons (Fsp3) is 0.500. The Morgan fingerprint density at radius 3 is 2.32 bits per heavy atom. The van der Waals surface area contributed by atoms with Crippen molar-refractivity contribution >= 4 is 24.5 Å². The zero-order chi connectivity index (χ0) is 32.5. The summed E-state index contributed by atoms with van der Waals surface area (Å²) in [6, 6.07) is 13.9. The lowest BCUT2D eigenvalue weighted by atomic mass is 10.1. The number of hydrogen-bond donors (Lipinski definition) is 0. The van der Waals surface area contributed by atoms with Crippen molar-refractivity contribution in [3.8, 4) is 5.88 Å². The van der Waals surface area contributed by atoms with Gasteiger partial charge in [-0.3, -0.25) is 13.8 Å². The van der Waals surface area contributed by atoms with Crippen molar-refractivity contribution in [3.05, 3.63) is 88.8 Å². The number of esters is 1. The Morgan fingerprint density at radius 1 is 1.07 bits per heavy atom. The average Bonchev–Trinajstić information content (AvgIpc) is 3.23. The first-order chi connectivity index (χ1) is 20.8. The lowest BCUT2D eigenvalue weighted by Gasteiger charge is -2.20. The Kier molecular flexibility index (Phi) is 12.9. The summed E-state index contributed by atoms with van der Waals surface area (Å²) in [5.74, 6) is 2.37. The van der Waals surface area contributed by atoms with E-state index in [2.05, 4.69) is 55.9 Å². The lowest BCUT2D eigenvalue weighted by Crippen LogP contribution is -2.10. The molecule has 1 fully saturated rings. The quantitative estimate of drug-likeness (QED) is 0.103. The number of nitrogens with zero attached hydrogens (tertiary/aromatic N) is 2. The number of ether oxygens (including phenoxy) is 1. The minimum absolute atomic E-state index is 0.0107. The van der Waals surface area contributed by atoms with Gasteiger partial charge in [0.25, 0.3) is 0 Å². The maximum Gasteiger partial charge on any atom is 0.381 e. The SMILES string of the molecule is CC(C)=C[C@@H]1[C@@H](C(=O)OCc2coc(Cc3ccccc3)c2)C1(C)C.CCOP(=S)(OCC)Oc1cc(C)nc(C(C)C)n1. The van der Waals surface area contributed by atoms with E-state index in [-0.39, 0.29) is 35.7 Å². The third kappa shape index (κ3) is 10.4. The maximum absolute atomic E-state index is 12.4. The standard InChI is InChI=1S/C22H26O3.C12H21N2O3PS/c1-15(2)10-19-20(22(19,3)4)21(23)25-14-17-12-18(24-13-17)11-16-8-6-5-7-9-16;1-6-15-18(19,16-7-2)17-11-8-10(5)13-12(14-11)9(3)4/h5-10,12-13,19-20H,11,14H2,1-4H3;8-9H,6-7H2,1-5H3/t19-,20+;/m1./s1. The molecule has 2 heterocycles. The van der Waals surface area contributed by atoms with Crippen molar-refractivity contribution in [3.63, 3.8) is 0 Å². The van der Waals surface area contributed by atoms with Crippen LogP contribution < -0.4 is 4.52 Å². The molecule has 1 saturated carbocycles. The number of carbonyl (C=O) groups excluding carboxylic acids is 1. The van der Waals surface area contributed by atoms with Crippen molar-refractivity contribution in [2.24, 2.45) is 17.3 Å². The summed E-state index contributed by atoms with van der Waals surface area (Å²) in [5, 5.41) is 0. The van der Waals surface area contributed by atoms with Gasteiger partial charge in [0.05, 0.1) is 25.4 Å². The molecule has 0 saturated heterocycles. The molecule has 10 heteroatoms. The van der Waals surface area contributed by atoms with Crippen LogP contribution in [0, 0.1) is 24.2 Å². The predicted molar refractivity (Wildman–Crippen MR) is 177 cm³/mol. The summed E-state index contributed by atoms with van der Waals surface area (Å²) >= 11 is 5.32. The molecule has 0 radical (unpaired) electrons. The van der Waals surface area contributed by atoms with Crippen LogP contribution in [-0.4, -0.2) is 29.2 Å². The van der Waals surface area contributed by atoms with Crippen LogP contribution in [0.1, 0.15) is 89.7 Å². The van der Waals surface area contributed by atoms with Crippen molar-refractivity contribution in [2.75, 3.05) is 13.2 Å². The number of benzene rings is 1. The molecule has 0 spiro atoms. The van der Waals surface area contributed by atoms with Gasteiger partial charge in [-0.1, -0.05) is 69.7 Å². The third-order valence-corrected chi connectivity index (χ3v) is 9.55. The molecular weight excluding hydrogens is 595 g/mol. The molecule has 0 aliphatic heterocycles. The number of rotatable bonds is 13. The molecule has 2 atom stereocenters. The van der Waals surface area contributed by atoms with E-state index in [0.29, 0.717) is 19.1 Å². The van der Waals surface area contributed by atoms with Gasteiger partial charge >= 0.3 is 12.7 Å². The fourth-order valence-electron chi connectivity index (χ4n) is 4.82. The molecule has 240 valence electrons. The highest BCUT2D eigenvalue weighted by Gasteiger charge is 2.61. The molecular formula is C34H47N2O6PS. The van der Waals surface area contributed by atoms with E-state index in [1.807, 2.05) is 58.9 Å². The molecule has 2 aromatic heterocycles. The summed E-state index contributed by atoms with van der Waals surface area (Å²) in [4.78, 5) is 21.1. The number of furan rings is 1.